The van der Waals surface area contributed by atoms with Gasteiger partial charge >= 0.3 is 0 Å². The average molecular weight is 230 g/mol. The van der Waals surface area contributed by atoms with Gasteiger partial charge in [0.25, 0.3) is 0 Å². The maximum atomic E-state index is 8.41. The van der Waals surface area contributed by atoms with Crippen molar-refractivity contribution >= 4 is 22.7 Å². The van der Waals surface area contributed by atoms with Crippen molar-refractivity contribution in [2.24, 2.45) is 0 Å². The van der Waals surface area contributed by atoms with Crippen molar-refractivity contribution in [1.29, 1.82) is 5.26 Å². The van der Waals surface area contributed by atoms with Gasteiger partial charge < -0.3 is 4.98 Å². The number of rotatable bonds is 5. The Bertz CT molecular complexity index is 463. The van der Waals surface area contributed by atoms with Crippen molar-refractivity contribution in [3.05, 3.63) is 30.3 Å². The summed E-state index contributed by atoms with van der Waals surface area (Å²) >= 11 is 1.83. The summed E-state index contributed by atoms with van der Waals surface area (Å²) in [5, 5.41) is 10.9. The first-order valence-corrected chi connectivity index (χ1v) is 6.46. The number of benzene rings is 1. The van der Waals surface area contributed by atoms with Crippen LogP contribution >= 0.6 is 11.8 Å². The Morgan fingerprint density at radius 1 is 1.25 bits per heavy atom. The van der Waals surface area contributed by atoms with E-state index >= 15 is 0 Å². The zero-order chi connectivity index (χ0) is 11.2. The normalized spacial score (nSPS) is 10.4. The van der Waals surface area contributed by atoms with Gasteiger partial charge in [-0.3, -0.25) is 0 Å². The molecule has 0 spiro atoms. The van der Waals surface area contributed by atoms with Gasteiger partial charge in [0.15, 0.2) is 0 Å². The second kappa shape index (κ2) is 5.62. The predicted molar refractivity (Wildman–Crippen MR) is 68.5 cm³/mol. The first-order chi connectivity index (χ1) is 7.90. The van der Waals surface area contributed by atoms with Crippen LogP contribution in [0.25, 0.3) is 10.9 Å². The lowest BCUT2D eigenvalue weighted by molar-refractivity contribution is 0.829. The van der Waals surface area contributed by atoms with E-state index in [-0.39, 0.29) is 0 Å². The molecular formula is C13H14N2S. The number of thioether (sulfide) groups is 1. The molecule has 0 saturated carbocycles. The first-order valence-electron chi connectivity index (χ1n) is 5.47. The van der Waals surface area contributed by atoms with Gasteiger partial charge in [0, 0.05) is 17.3 Å². The molecule has 0 aliphatic rings. The molecule has 0 atom stereocenters. The third-order valence-corrected chi connectivity index (χ3v) is 3.47. The zero-order valence-corrected chi connectivity index (χ0v) is 9.89. The Labute approximate surface area is 99.7 Å². The van der Waals surface area contributed by atoms with Crippen molar-refractivity contribution in [3.8, 4) is 6.07 Å². The number of unbranched alkanes of at least 4 members (excludes halogenated alkanes) is 2. The lowest BCUT2D eigenvalue weighted by atomic mass is 10.3. The fourth-order valence-electron chi connectivity index (χ4n) is 1.61. The van der Waals surface area contributed by atoms with Crippen molar-refractivity contribution < 1.29 is 0 Å². The van der Waals surface area contributed by atoms with Crippen LogP contribution < -0.4 is 0 Å². The quantitative estimate of drug-likeness (QED) is 0.624. The van der Waals surface area contributed by atoms with Gasteiger partial charge in [-0.05, 0) is 30.7 Å². The van der Waals surface area contributed by atoms with Crippen LogP contribution in [0.3, 0.4) is 0 Å². The molecule has 0 bridgehead atoms. The van der Waals surface area contributed by atoms with E-state index < -0.39 is 0 Å². The van der Waals surface area contributed by atoms with Crippen LogP contribution in [0.2, 0.25) is 0 Å². The third-order valence-electron chi connectivity index (χ3n) is 2.45. The van der Waals surface area contributed by atoms with E-state index in [1.165, 1.54) is 15.9 Å². The minimum absolute atomic E-state index is 0.674. The Balaban J connectivity index is 1.88. The Morgan fingerprint density at radius 2 is 2.12 bits per heavy atom. The van der Waals surface area contributed by atoms with Gasteiger partial charge in [0.2, 0.25) is 0 Å². The smallest absolute Gasteiger partial charge is 0.0732 e. The van der Waals surface area contributed by atoms with Crippen LogP contribution in [0.1, 0.15) is 19.3 Å². The van der Waals surface area contributed by atoms with Crippen LogP contribution in [0.5, 0.6) is 0 Å². The molecule has 2 rings (SSSR count). The van der Waals surface area contributed by atoms with E-state index in [0.29, 0.717) is 6.42 Å². The number of para-hydroxylation sites is 1. The summed E-state index contributed by atoms with van der Waals surface area (Å²) in [5.41, 5.74) is 1.20. The molecule has 1 aromatic carbocycles. The van der Waals surface area contributed by atoms with Crippen molar-refractivity contribution in [2.45, 2.75) is 24.3 Å². The largest absolute Gasteiger partial charge is 0.350 e. The highest BCUT2D eigenvalue weighted by molar-refractivity contribution is 7.99. The lowest BCUT2D eigenvalue weighted by Crippen LogP contribution is -1.80. The summed E-state index contributed by atoms with van der Waals surface area (Å²) in [5.74, 6) is 1.08. The molecule has 1 aromatic heterocycles. The van der Waals surface area contributed by atoms with Crippen LogP contribution in [0.4, 0.5) is 0 Å². The van der Waals surface area contributed by atoms with Crippen LogP contribution in [-0.4, -0.2) is 10.7 Å². The highest BCUT2D eigenvalue weighted by Gasteiger charge is 1.99. The van der Waals surface area contributed by atoms with Crippen LogP contribution in [0, 0.1) is 11.3 Å². The fourth-order valence-corrected chi connectivity index (χ4v) is 2.57. The minimum Gasteiger partial charge on any atom is -0.350 e. The van der Waals surface area contributed by atoms with E-state index in [1.807, 2.05) is 17.8 Å². The first kappa shape index (κ1) is 11.1. The number of nitrogens with zero attached hydrogens (tertiary/aromatic N) is 1. The van der Waals surface area contributed by atoms with E-state index in [2.05, 4.69) is 35.3 Å². The van der Waals surface area contributed by atoms with Gasteiger partial charge in [-0.25, -0.2) is 0 Å². The number of aromatic nitrogens is 1. The monoisotopic (exact) mass is 230 g/mol. The standard InChI is InChI=1S/C13H14N2S/c14-8-4-1-5-9-16-13-10-11-6-2-3-7-12(11)15-13/h2-3,6-7,10,15H,1,4-5,9H2. The summed E-state index contributed by atoms with van der Waals surface area (Å²) in [6.45, 7) is 0. The maximum absolute atomic E-state index is 8.41. The number of aromatic amines is 1. The second-order valence-electron chi connectivity index (χ2n) is 3.68. The van der Waals surface area contributed by atoms with Gasteiger partial charge in [-0.2, -0.15) is 5.26 Å². The van der Waals surface area contributed by atoms with Gasteiger partial charge in [-0.1, -0.05) is 18.2 Å². The number of hydrogen-bond donors (Lipinski definition) is 1. The molecule has 0 amide bonds. The SMILES string of the molecule is N#CCCCCSc1cc2ccccc2[nH]1. The molecule has 0 fully saturated rings. The van der Waals surface area contributed by atoms with Crippen LogP contribution in [-0.2, 0) is 0 Å². The molecule has 0 aliphatic carbocycles. The number of H-pyrrole nitrogens is 1. The molecular weight excluding hydrogens is 216 g/mol. The minimum atomic E-state index is 0.674. The third kappa shape index (κ3) is 2.80. The summed E-state index contributed by atoms with van der Waals surface area (Å²) in [4.78, 5) is 3.38. The molecule has 0 saturated heterocycles. The molecule has 1 heterocycles. The van der Waals surface area contributed by atoms with Gasteiger partial charge in [-0.15, -0.1) is 11.8 Å². The molecule has 0 radical (unpaired) electrons. The highest BCUT2D eigenvalue weighted by atomic mass is 32.2. The average Bonchev–Trinajstić information content (AvgIpc) is 2.71. The van der Waals surface area contributed by atoms with E-state index in [9.17, 15) is 0 Å². The van der Waals surface area contributed by atoms with Crippen molar-refractivity contribution in [2.75, 3.05) is 5.75 Å². The molecule has 0 unspecified atom stereocenters. The van der Waals surface area contributed by atoms with E-state index in [1.54, 1.807) is 0 Å². The number of hydrogen-bond acceptors (Lipinski definition) is 2. The van der Waals surface area contributed by atoms with Gasteiger partial charge in [0.1, 0.15) is 0 Å². The van der Waals surface area contributed by atoms with E-state index in [0.717, 1.165) is 18.6 Å². The summed E-state index contributed by atoms with van der Waals surface area (Å²) in [6, 6.07) is 12.7. The number of fused-ring (bicyclic) bond motifs is 1. The molecule has 1 N–H and O–H groups in total. The Kier molecular flexibility index (Phi) is 3.90. The molecule has 2 nitrogen and oxygen atoms in total. The predicted octanol–water partition coefficient (Wildman–Crippen LogP) is 3.95. The Morgan fingerprint density at radius 3 is 2.94 bits per heavy atom. The number of nitrogens with one attached hydrogen (secondary N) is 1. The van der Waals surface area contributed by atoms with Crippen molar-refractivity contribution in [3.63, 3.8) is 0 Å². The van der Waals surface area contributed by atoms with Crippen molar-refractivity contribution in [1.82, 2.24) is 4.98 Å². The summed E-state index contributed by atoms with van der Waals surface area (Å²) < 4.78 is 0. The molecule has 3 heteroatoms. The fraction of sp³-hybridized carbons (Fsp3) is 0.308. The molecule has 16 heavy (non-hydrogen) atoms. The number of nitriles is 1. The van der Waals surface area contributed by atoms with E-state index in [4.69, 9.17) is 5.26 Å². The Hall–Kier alpha value is -1.40. The summed E-state index contributed by atoms with van der Waals surface area (Å²) in [7, 11) is 0. The molecule has 2 aromatic rings. The summed E-state index contributed by atoms with van der Waals surface area (Å²) in [6.07, 6.45) is 2.78. The van der Waals surface area contributed by atoms with Gasteiger partial charge in [0.05, 0.1) is 11.1 Å². The maximum Gasteiger partial charge on any atom is 0.0732 e. The van der Waals surface area contributed by atoms with Crippen LogP contribution in [0.15, 0.2) is 35.4 Å². The second-order valence-corrected chi connectivity index (χ2v) is 4.82. The zero-order valence-electron chi connectivity index (χ0n) is 9.07. The highest BCUT2D eigenvalue weighted by Crippen LogP contribution is 2.23. The molecule has 82 valence electrons. The lowest BCUT2D eigenvalue weighted by Gasteiger charge is -1.96. The topological polar surface area (TPSA) is 39.6 Å². The molecule has 0 aliphatic heterocycles.